The topological polar surface area (TPSA) is 146 Å². The smallest absolute Gasteiger partial charge is 0.277 e. The second-order valence-electron chi connectivity index (χ2n) is 6.24. The lowest BCUT2D eigenvalue weighted by atomic mass is 10.1. The third-order valence-corrected chi connectivity index (χ3v) is 4.26. The van der Waals surface area contributed by atoms with Crippen LogP contribution in [0.2, 0.25) is 0 Å². The first-order valence-electron chi connectivity index (χ1n) is 8.56. The Hall–Kier alpha value is -4.67. The molecule has 0 saturated heterocycles. The summed E-state index contributed by atoms with van der Waals surface area (Å²) < 4.78 is 1.78. The number of hydrogen-bond donors (Lipinski definition) is 1. The number of carbonyl (C=O) groups excluding carboxylic acids is 1. The van der Waals surface area contributed by atoms with Gasteiger partial charge in [0, 0.05) is 42.0 Å². The Kier molecular flexibility index (Phi) is 4.60. The van der Waals surface area contributed by atoms with Crippen LogP contribution in [-0.2, 0) is 0 Å². The summed E-state index contributed by atoms with van der Waals surface area (Å²) >= 11 is 0. The number of anilines is 1. The molecular formula is C19H12N6O5. The van der Waals surface area contributed by atoms with Gasteiger partial charge in [-0.3, -0.25) is 29.4 Å². The van der Waals surface area contributed by atoms with Crippen LogP contribution in [0.1, 0.15) is 10.4 Å². The molecule has 4 aromatic rings. The fourth-order valence-corrected chi connectivity index (χ4v) is 2.83. The number of hydrogen-bond acceptors (Lipinski definition) is 7. The van der Waals surface area contributed by atoms with Gasteiger partial charge in [0.25, 0.3) is 17.3 Å². The van der Waals surface area contributed by atoms with Gasteiger partial charge >= 0.3 is 0 Å². The molecule has 1 amide bonds. The summed E-state index contributed by atoms with van der Waals surface area (Å²) in [6.07, 6.45) is 5.28. The molecule has 148 valence electrons. The molecule has 11 nitrogen and oxygen atoms in total. The molecule has 0 radical (unpaired) electrons. The van der Waals surface area contributed by atoms with Crippen molar-refractivity contribution in [1.29, 1.82) is 0 Å². The average molecular weight is 404 g/mol. The molecule has 2 aromatic carbocycles. The molecule has 2 aromatic heterocycles. The predicted molar refractivity (Wildman–Crippen MR) is 106 cm³/mol. The van der Waals surface area contributed by atoms with E-state index in [0.29, 0.717) is 17.2 Å². The number of benzene rings is 2. The maximum absolute atomic E-state index is 12.5. The number of imidazole rings is 1. The standard InChI is InChI=1S/C19H12N6O5/c26-18(13-8-15(24(27)28)10-16(9-13)25(29)30)21-14-4-2-12(3-5-14)17-11-23-7-1-6-20-19(23)22-17/h1-11H,(H,21,26). The first-order valence-corrected chi connectivity index (χ1v) is 8.56. The summed E-state index contributed by atoms with van der Waals surface area (Å²) in [6, 6.07) is 11.3. The zero-order chi connectivity index (χ0) is 21.3. The van der Waals surface area contributed by atoms with Crippen LogP contribution in [0, 0.1) is 20.2 Å². The Balaban J connectivity index is 1.56. The molecule has 0 aliphatic rings. The SMILES string of the molecule is O=C(Nc1ccc(-c2cn3cccnc3n2)cc1)c1cc([N+](=O)[O-])cc([N+](=O)[O-])c1. The molecule has 1 N–H and O–H groups in total. The van der Waals surface area contributed by atoms with E-state index in [1.54, 1.807) is 40.9 Å². The summed E-state index contributed by atoms with van der Waals surface area (Å²) in [5, 5.41) is 24.5. The van der Waals surface area contributed by atoms with Gasteiger partial charge in [0.15, 0.2) is 0 Å². The Morgan fingerprint density at radius 3 is 2.27 bits per heavy atom. The number of aromatic nitrogens is 3. The zero-order valence-electron chi connectivity index (χ0n) is 15.1. The number of amides is 1. The highest BCUT2D eigenvalue weighted by Gasteiger charge is 2.20. The van der Waals surface area contributed by atoms with Crippen molar-refractivity contribution >= 4 is 28.7 Å². The van der Waals surface area contributed by atoms with E-state index in [9.17, 15) is 25.0 Å². The van der Waals surface area contributed by atoms with E-state index in [-0.39, 0.29) is 5.56 Å². The van der Waals surface area contributed by atoms with Gasteiger partial charge < -0.3 is 5.32 Å². The van der Waals surface area contributed by atoms with Gasteiger partial charge in [-0.15, -0.1) is 0 Å². The van der Waals surface area contributed by atoms with Crippen LogP contribution in [-0.4, -0.2) is 30.1 Å². The number of nitro benzene ring substituents is 2. The van der Waals surface area contributed by atoms with Gasteiger partial charge in [-0.05, 0) is 18.2 Å². The molecule has 0 unspecified atom stereocenters. The van der Waals surface area contributed by atoms with Crippen LogP contribution in [0.25, 0.3) is 17.0 Å². The van der Waals surface area contributed by atoms with Crippen molar-refractivity contribution < 1.29 is 14.6 Å². The summed E-state index contributed by atoms with van der Waals surface area (Å²) in [5.41, 5.74) is 0.645. The van der Waals surface area contributed by atoms with Gasteiger partial charge in [0.1, 0.15) is 0 Å². The fourth-order valence-electron chi connectivity index (χ4n) is 2.83. The van der Waals surface area contributed by atoms with E-state index in [1.165, 1.54) is 0 Å². The maximum atomic E-state index is 12.5. The van der Waals surface area contributed by atoms with Crippen LogP contribution in [0.3, 0.4) is 0 Å². The lowest BCUT2D eigenvalue weighted by Crippen LogP contribution is -2.12. The second kappa shape index (κ2) is 7.39. The number of carbonyl (C=O) groups is 1. The molecule has 0 bridgehead atoms. The van der Waals surface area contributed by atoms with Gasteiger partial charge in [-0.1, -0.05) is 12.1 Å². The third kappa shape index (κ3) is 3.67. The van der Waals surface area contributed by atoms with Crippen LogP contribution in [0.15, 0.2) is 67.1 Å². The van der Waals surface area contributed by atoms with E-state index in [4.69, 9.17) is 0 Å². The van der Waals surface area contributed by atoms with Crippen molar-refractivity contribution in [3.8, 4) is 11.3 Å². The number of nitrogens with zero attached hydrogens (tertiary/aromatic N) is 5. The molecule has 11 heteroatoms. The molecular weight excluding hydrogens is 392 g/mol. The minimum Gasteiger partial charge on any atom is -0.322 e. The van der Waals surface area contributed by atoms with Crippen LogP contribution in [0.5, 0.6) is 0 Å². The first kappa shape index (κ1) is 18.7. The highest BCUT2D eigenvalue weighted by atomic mass is 16.6. The number of nitro groups is 2. The van der Waals surface area contributed by atoms with Crippen molar-refractivity contribution in [2.45, 2.75) is 0 Å². The van der Waals surface area contributed by atoms with E-state index >= 15 is 0 Å². The molecule has 0 saturated carbocycles. The van der Waals surface area contributed by atoms with Crippen molar-refractivity contribution in [1.82, 2.24) is 14.4 Å². The van der Waals surface area contributed by atoms with Crippen LogP contribution < -0.4 is 5.32 Å². The third-order valence-electron chi connectivity index (χ3n) is 4.26. The van der Waals surface area contributed by atoms with Crippen molar-refractivity contribution in [2.75, 3.05) is 5.32 Å². The molecule has 0 spiro atoms. The molecule has 30 heavy (non-hydrogen) atoms. The monoisotopic (exact) mass is 404 g/mol. The normalized spacial score (nSPS) is 10.7. The fraction of sp³-hybridized carbons (Fsp3) is 0. The minimum atomic E-state index is -0.789. The van der Waals surface area contributed by atoms with Crippen molar-refractivity contribution in [2.24, 2.45) is 0 Å². The minimum absolute atomic E-state index is 0.189. The number of nitrogens with one attached hydrogen (secondary N) is 1. The Morgan fingerprint density at radius 2 is 1.67 bits per heavy atom. The van der Waals surface area contributed by atoms with E-state index < -0.39 is 27.1 Å². The predicted octanol–water partition coefficient (Wildman–Crippen LogP) is 3.47. The second-order valence-corrected chi connectivity index (χ2v) is 6.24. The molecule has 0 atom stereocenters. The summed E-state index contributed by atoms with van der Waals surface area (Å²) in [7, 11) is 0. The lowest BCUT2D eigenvalue weighted by molar-refractivity contribution is -0.394. The average Bonchev–Trinajstić information content (AvgIpc) is 3.18. The van der Waals surface area contributed by atoms with Crippen molar-refractivity contribution in [3.05, 3.63) is 92.9 Å². The van der Waals surface area contributed by atoms with Gasteiger partial charge in [0.2, 0.25) is 5.78 Å². The summed E-state index contributed by atoms with van der Waals surface area (Å²) in [5.74, 6) is -0.149. The van der Waals surface area contributed by atoms with Crippen molar-refractivity contribution in [3.63, 3.8) is 0 Å². The Morgan fingerprint density at radius 1 is 1.00 bits per heavy atom. The van der Waals surface area contributed by atoms with Crippen LogP contribution >= 0.6 is 0 Å². The highest BCUT2D eigenvalue weighted by molar-refractivity contribution is 6.05. The largest absolute Gasteiger partial charge is 0.322 e. The van der Waals surface area contributed by atoms with E-state index in [1.807, 2.05) is 12.4 Å². The molecule has 4 rings (SSSR count). The van der Waals surface area contributed by atoms with Gasteiger partial charge in [0.05, 0.1) is 27.2 Å². The van der Waals surface area contributed by atoms with E-state index in [2.05, 4.69) is 15.3 Å². The van der Waals surface area contributed by atoms with Crippen LogP contribution in [0.4, 0.5) is 17.1 Å². The van der Waals surface area contributed by atoms with Gasteiger partial charge in [-0.2, -0.15) is 0 Å². The number of rotatable bonds is 5. The number of non-ortho nitro benzene ring substituents is 2. The molecule has 0 fully saturated rings. The highest BCUT2D eigenvalue weighted by Crippen LogP contribution is 2.24. The quantitative estimate of drug-likeness (QED) is 0.396. The first-order chi connectivity index (χ1) is 14.4. The van der Waals surface area contributed by atoms with E-state index in [0.717, 1.165) is 23.8 Å². The molecule has 0 aliphatic heterocycles. The molecule has 0 aliphatic carbocycles. The van der Waals surface area contributed by atoms with Gasteiger partial charge in [-0.25, -0.2) is 9.97 Å². The zero-order valence-corrected chi connectivity index (χ0v) is 15.1. The lowest BCUT2D eigenvalue weighted by Gasteiger charge is -2.06. The Labute approximate surface area is 167 Å². The molecule has 2 heterocycles. The summed E-state index contributed by atoms with van der Waals surface area (Å²) in [6.45, 7) is 0. The maximum Gasteiger partial charge on any atom is 0.277 e. The summed E-state index contributed by atoms with van der Waals surface area (Å²) in [4.78, 5) is 41.4. The Bertz CT molecular complexity index is 1230. The number of fused-ring (bicyclic) bond motifs is 1.